The molecule has 112 valence electrons. The minimum atomic E-state index is -0.903. The van der Waals surface area contributed by atoms with Gasteiger partial charge in [0.25, 0.3) is 0 Å². The van der Waals surface area contributed by atoms with Gasteiger partial charge in [-0.2, -0.15) is 0 Å². The Bertz CT molecular complexity index is 865. The van der Waals surface area contributed by atoms with Crippen molar-refractivity contribution in [1.82, 2.24) is 4.57 Å². The first-order valence-corrected chi connectivity index (χ1v) is 7.49. The van der Waals surface area contributed by atoms with Gasteiger partial charge >= 0.3 is 5.97 Å². The Morgan fingerprint density at radius 2 is 1.86 bits per heavy atom. The van der Waals surface area contributed by atoms with Crippen molar-refractivity contribution in [2.45, 2.75) is 19.9 Å². The highest BCUT2D eigenvalue weighted by atomic mass is 35.5. The molecule has 0 aliphatic carbocycles. The average molecular weight is 314 g/mol. The largest absolute Gasteiger partial charge is 0.478 e. The van der Waals surface area contributed by atoms with Gasteiger partial charge in [-0.05, 0) is 43.2 Å². The normalized spacial score (nSPS) is 11.3. The number of carboxylic acid groups (broad SMARTS) is 1. The summed E-state index contributed by atoms with van der Waals surface area (Å²) in [6, 6.07) is 13.7. The molecule has 0 bridgehead atoms. The zero-order valence-electron chi connectivity index (χ0n) is 12.4. The Labute approximate surface area is 133 Å². The van der Waals surface area contributed by atoms with E-state index in [0.29, 0.717) is 10.6 Å². The first kappa shape index (κ1) is 14.7. The van der Waals surface area contributed by atoms with Crippen LogP contribution in [0, 0.1) is 0 Å². The summed E-state index contributed by atoms with van der Waals surface area (Å²) in [5, 5.41) is 10.8. The van der Waals surface area contributed by atoms with Crippen molar-refractivity contribution in [2.24, 2.45) is 0 Å². The molecule has 0 amide bonds. The van der Waals surface area contributed by atoms with E-state index in [1.165, 1.54) is 0 Å². The number of hydrogen-bond acceptors (Lipinski definition) is 1. The Balaban J connectivity index is 2.25. The molecule has 0 unspecified atom stereocenters. The molecule has 1 heterocycles. The number of carboxylic acids is 1. The number of carbonyl (C=O) groups is 1. The standard InChI is InChI=1S/C18H16ClNO2/c1-11(2)20-10-16(18(21)22)15-7-6-13(9-17(15)20)12-4-3-5-14(19)8-12/h3-11H,1-2H3,(H,21,22). The third-order valence-electron chi connectivity index (χ3n) is 3.78. The van der Waals surface area contributed by atoms with Gasteiger partial charge in [0.15, 0.2) is 0 Å². The highest BCUT2D eigenvalue weighted by molar-refractivity contribution is 6.30. The van der Waals surface area contributed by atoms with Crippen LogP contribution in [0.4, 0.5) is 0 Å². The molecule has 0 atom stereocenters. The van der Waals surface area contributed by atoms with Gasteiger partial charge in [0.05, 0.1) is 5.56 Å². The van der Waals surface area contributed by atoms with Crippen LogP contribution in [0.25, 0.3) is 22.0 Å². The maximum Gasteiger partial charge on any atom is 0.337 e. The topological polar surface area (TPSA) is 42.2 Å². The fourth-order valence-electron chi connectivity index (χ4n) is 2.70. The number of halogens is 1. The second kappa shape index (κ2) is 5.50. The molecule has 3 rings (SSSR count). The highest BCUT2D eigenvalue weighted by Crippen LogP contribution is 2.30. The molecule has 3 nitrogen and oxygen atoms in total. The molecule has 0 radical (unpaired) electrons. The smallest absolute Gasteiger partial charge is 0.337 e. The van der Waals surface area contributed by atoms with Crippen LogP contribution >= 0.6 is 11.6 Å². The lowest BCUT2D eigenvalue weighted by Gasteiger charge is -2.10. The van der Waals surface area contributed by atoms with E-state index in [4.69, 9.17) is 11.6 Å². The summed E-state index contributed by atoms with van der Waals surface area (Å²) in [5.74, 6) is -0.903. The van der Waals surface area contributed by atoms with Crippen LogP contribution in [0.1, 0.15) is 30.2 Å². The molecule has 1 aromatic heterocycles. The average Bonchev–Trinajstić information content (AvgIpc) is 2.86. The third-order valence-corrected chi connectivity index (χ3v) is 4.01. The highest BCUT2D eigenvalue weighted by Gasteiger charge is 2.16. The van der Waals surface area contributed by atoms with Gasteiger partial charge < -0.3 is 9.67 Å². The number of nitrogens with zero attached hydrogens (tertiary/aromatic N) is 1. The first-order chi connectivity index (χ1) is 10.5. The van der Waals surface area contributed by atoms with Crippen LogP contribution in [0.15, 0.2) is 48.7 Å². The molecule has 0 saturated carbocycles. The molecule has 0 aliphatic heterocycles. The third kappa shape index (κ3) is 2.48. The van der Waals surface area contributed by atoms with Gasteiger partial charge in [0.2, 0.25) is 0 Å². The Hall–Kier alpha value is -2.26. The van der Waals surface area contributed by atoms with Gasteiger partial charge in [0.1, 0.15) is 0 Å². The Morgan fingerprint density at radius 1 is 1.14 bits per heavy atom. The monoisotopic (exact) mass is 313 g/mol. The number of rotatable bonds is 3. The van der Waals surface area contributed by atoms with Gasteiger partial charge in [-0.25, -0.2) is 4.79 Å². The first-order valence-electron chi connectivity index (χ1n) is 7.11. The summed E-state index contributed by atoms with van der Waals surface area (Å²) in [5.41, 5.74) is 3.29. The van der Waals surface area contributed by atoms with Gasteiger partial charge in [-0.3, -0.25) is 0 Å². The van der Waals surface area contributed by atoms with E-state index in [9.17, 15) is 9.90 Å². The van der Waals surface area contributed by atoms with Crippen molar-refractivity contribution < 1.29 is 9.90 Å². The molecule has 0 spiro atoms. The molecule has 2 aromatic carbocycles. The number of aromatic nitrogens is 1. The van der Waals surface area contributed by atoms with Crippen molar-refractivity contribution in [3.8, 4) is 11.1 Å². The second-order valence-electron chi connectivity index (χ2n) is 5.59. The van der Waals surface area contributed by atoms with Gasteiger partial charge in [-0.1, -0.05) is 35.9 Å². The SMILES string of the molecule is CC(C)n1cc(C(=O)O)c2ccc(-c3cccc(Cl)c3)cc21. The summed E-state index contributed by atoms with van der Waals surface area (Å²) in [4.78, 5) is 11.4. The molecule has 4 heteroatoms. The van der Waals surface area contributed by atoms with Crippen molar-refractivity contribution in [2.75, 3.05) is 0 Å². The van der Waals surface area contributed by atoms with E-state index in [1.54, 1.807) is 6.20 Å². The predicted octanol–water partition coefficient (Wildman–Crippen LogP) is 5.24. The number of aromatic carboxylic acids is 1. The van der Waals surface area contributed by atoms with Crippen molar-refractivity contribution in [3.63, 3.8) is 0 Å². The molecule has 0 fully saturated rings. The van der Waals surface area contributed by atoms with E-state index in [1.807, 2.05) is 60.9 Å². The maximum absolute atomic E-state index is 11.4. The lowest BCUT2D eigenvalue weighted by molar-refractivity contribution is 0.0699. The van der Waals surface area contributed by atoms with Gasteiger partial charge in [-0.15, -0.1) is 0 Å². The van der Waals surface area contributed by atoms with Crippen LogP contribution in [-0.2, 0) is 0 Å². The number of fused-ring (bicyclic) bond motifs is 1. The minimum absolute atomic E-state index is 0.185. The summed E-state index contributed by atoms with van der Waals surface area (Å²) in [7, 11) is 0. The Morgan fingerprint density at radius 3 is 2.50 bits per heavy atom. The van der Waals surface area contributed by atoms with Crippen LogP contribution in [0.2, 0.25) is 5.02 Å². The molecule has 3 aromatic rings. The predicted molar refractivity (Wildman–Crippen MR) is 89.7 cm³/mol. The summed E-state index contributed by atoms with van der Waals surface area (Å²) in [6.07, 6.45) is 1.71. The summed E-state index contributed by atoms with van der Waals surface area (Å²) >= 11 is 6.06. The van der Waals surface area contributed by atoms with Crippen LogP contribution < -0.4 is 0 Å². The minimum Gasteiger partial charge on any atom is -0.478 e. The molecular formula is C18H16ClNO2. The lowest BCUT2D eigenvalue weighted by Crippen LogP contribution is -1.99. The maximum atomic E-state index is 11.4. The molecule has 0 saturated heterocycles. The van der Waals surface area contributed by atoms with Crippen molar-refractivity contribution in [3.05, 3.63) is 59.2 Å². The van der Waals surface area contributed by atoms with E-state index in [0.717, 1.165) is 22.0 Å². The lowest BCUT2D eigenvalue weighted by atomic mass is 10.0. The Kier molecular flexibility index (Phi) is 3.67. The van der Waals surface area contributed by atoms with E-state index in [2.05, 4.69) is 0 Å². The van der Waals surface area contributed by atoms with E-state index in [-0.39, 0.29) is 6.04 Å². The van der Waals surface area contributed by atoms with Crippen molar-refractivity contribution in [1.29, 1.82) is 0 Å². The zero-order chi connectivity index (χ0) is 15.9. The van der Waals surface area contributed by atoms with E-state index >= 15 is 0 Å². The second-order valence-corrected chi connectivity index (χ2v) is 6.03. The summed E-state index contributed by atoms with van der Waals surface area (Å²) in [6.45, 7) is 4.08. The van der Waals surface area contributed by atoms with Crippen LogP contribution in [-0.4, -0.2) is 15.6 Å². The summed E-state index contributed by atoms with van der Waals surface area (Å²) < 4.78 is 1.99. The fraction of sp³-hybridized carbons (Fsp3) is 0.167. The zero-order valence-corrected chi connectivity index (χ0v) is 13.1. The molecule has 22 heavy (non-hydrogen) atoms. The van der Waals surface area contributed by atoms with Crippen LogP contribution in [0.3, 0.4) is 0 Å². The van der Waals surface area contributed by atoms with Gasteiger partial charge in [0, 0.05) is 28.2 Å². The molecule has 0 aliphatic rings. The quantitative estimate of drug-likeness (QED) is 0.718. The fourth-order valence-corrected chi connectivity index (χ4v) is 2.89. The number of hydrogen-bond donors (Lipinski definition) is 1. The molecule has 1 N–H and O–H groups in total. The van der Waals surface area contributed by atoms with E-state index < -0.39 is 5.97 Å². The van der Waals surface area contributed by atoms with Crippen LogP contribution in [0.5, 0.6) is 0 Å². The number of benzene rings is 2. The molecular weight excluding hydrogens is 298 g/mol. The van der Waals surface area contributed by atoms with Crippen molar-refractivity contribution >= 4 is 28.5 Å².